The maximum atomic E-state index is 13.7. The number of aromatic nitrogens is 3. The minimum atomic E-state index is -2.60. The fourth-order valence-electron chi connectivity index (χ4n) is 4.62. The Morgan fingerprint density at radius 2 is 1.94 bits per heavy atom. The monoisotopic (exact) mass is 473 g/mol. The molecule has 4 rings (SSSR count). The van der Waals surface area contributed by atoms with E-state index in [1.165, 1.54) is 6.20 Å². The second kappa shape index (κ2) is 9.77. The number of hydrogen-bond acceptors (Lipinski definition) is 7. The Bertz CT molecular complexity index is 1040. The van der Waals surface area contributed by atoms with E-state index < -0.39 is 11.8 Å². The molecule has 10 heteroatoms. The molecular formula is C24H33F2N7O. The highest BCUT2D eigenvalue weighted by atomic mass is 19.3. The first kappa shape index (κ1) is 24.3. The standard InChI is InChI=1S/C24H33F2N7O/c1-14(2)19-10-17(11-20(31-19)15-5-7-24(25,26)8-6-15)30-22-18(21(28)34)12-29-23(32-22)33-9-3-4-16(27)13-33/h10-12,14-16H,3-9,13,27H2,1-2H3,(H2,28,34)(H,29,30,31,32)/t16-/m0/s1. The first-order valence-electron chi connectivity index (χ1n) is 12.0. The number of hydrogen-bond donors (Lipinski definition) is 3. The molecule has 2 aliphatic rings. The number of halogens is 2. The van der Waals surface area contributed by atoms with Crippen LogP contribution in [0.2, 0.25) is 0 Å². The average Bonchev–Trinajstić information content (AvgIpc) is 2.78. The Labute approximate surface area is 198 Å². The van der Waals surface area contributed by atoms with Crippen LogP contribution in [0, 0.1) is 0 Å². The van der Waals surface area contributed by atoms with Crippen LogP contribution in [0.4, 0.5) is 26.2 Å². The van der Waals surface area contributed by atoms with Gasteiger partial charge in [-0.1, -0.05) is 13.8 Å². The second-order valence-electron chi connectivity index (χ2n) is 9.76. The number of rotatable bonds is 6. The molecule has 0 bridgehead atoms. The van der Waals surface area contributed by atoms with Gasteiger partial charge in [-0.3, -0.25) is 9.78 Å². The quantitative estimate of drug-likeness (QED) is 0.578. The van der Waals surface area contributed by atoms with Crippen molar-refractivity contribution in [2.75, 3.05) is 23.3 Å². The Kier molecular flexibility index (Phi) is 6.97. The van der Waals surface area contributed by atoms with Crippen LogP contribution in [-0.2, 0) is 0 Å². The fourth-order valence-corrected chi connectivity index (χ4v) is 4.62. The van der Waals surface area contributed by atoms with Crippen molar-refractivity contribution in [2.45, 2.75) is 76.2 Å². The van der Waals surface area contributed by atoms with Crippen LogP contribution in [0.3, 0.4) is 0 Å². The van der Waals surface area contributed by atoms with Gasteiger partial charge in [-0.05, 0) is 43.7 Å². The number of nitrogens with two attached hydrogens (primary N) is 2. The lowest BCUT2D eigenvalue weighted by atomic mass is 9.84. The third-order valence-electron chi connectivity index (χ3n) is 6.64. The van der Waals surface area contributed by atoms with Crippen LogP contribution in [0.5, 0.6) is 0 Å². The summed E-state index contributed by atoms with van der Waals surface area (Å²) in [6.07, 6.45) is 3.84. The highest BCUT2D eigenvalue weighted by molar-refractivity contribution is 5.98. The number of pyridine rings is 1. The summed E-state index contributed by atoms with van der Waals surface area (Å²) in [5.41, 5.74) is 14.2. The van der Waals surface area contributed by atoms with Crippen molar-refractivity contribution in [3.05, 3.63) is 35.3 Å². The molecule has 1 atom stereocenters. The normalized spacial score (nSPS) is 21.0. The molecule has 1 amide bonds. The number of alkyl halides is 2. The molecule has 1 saturated carbocycles. The van der Waals surface area contributed by atoms with E-state index >= 15 is 0 Å². The molecule has 0 radical (unpaired) electrons. The van der Waals surface area contributed by atoms with Gasteiger partial charge in [0, 0.05) is 61.2 Å². The molecule has 8 nitrogen and oxygen atoms in total. The summed E-state index contributed by atoms with van der Waals surface area (Å²) in [6.45, 7) is 5.48. The molecule has 0 unspecified atom stereocenters. The summed E-state index contributed by atoms with van der Waals surface area (Å²) in [5, 5.41) is 3.24. The van der Waals surface area contributed by atoms with Crippen LogP contribution < -0.4 is 21.7 Å². The van der Waals surface area contributed by atoms with Gasteiger partial charge in [-0.2, -0.15) is 4.98 Å². The first-order valence-corrected chi connectivity index (χ1v) is 12.0. The molecule has 34 heavy (non-hydrogen) atoms. The Morgan fingerprint density at radius 1 is 1.21 bits per heavy atom. The number of piperidine rings is 1. The Morgan fingerprint density at radius 3 is 2.59 bits per heavy atom. The van der Waals surface area contributed by atoms with Crippen molar-refractivity contribution in [2.24, 2.45) is 11.5 Å². The predicted molar refractivity (Wildman–Crippen MR) is 128 cm³/mol. The lowest BCUT2D eigenvalue weighted by molar-refractivity contribution is -0.0384. The van der Waals surface area contributed by atoms with Crippen molar-refractivity contribution < 1.29 is 13.6 Å². The van der Waals surface area contributed by atoms with Crippen molar-refractivity contribution in [1.82, 2.24) is 15.0 Å². The topological polar surface area (TPSA) is 123 Å². The van der Waals surface area contributed by atoms with E-state index in [1.54, 1.807) is 0 Å². The van der Waals surface area contributed by atoms with E-state index in [9.17, 15) is 13.6 Å². The average molecular weight is 474 g/mol. The summed E-state index contributed by atoms with van der Waals surface area (Å²) in [7, 11) is 0. The zero-order valence-corrected chi connectivity index (χ0v) is 19.7. The molecule has 2 aromatic rings. The van der Waals surface area contributed by atoms with Gasteiger partial charge in [0.15, 0.2) is 0 Å². The second-order valence-corrected chi connectivity index (χ2v) is 9.76. The van der Waals surface area contributed by atoms with E-state index in [0.29, 0.717) is 36.8 Å². The molecule has 2 aromatic heterocycles. The van der Waals surface area contributed by atoms with Gasteiger partial charge < -0.3 is 21.7 Å². The maximum Gasteiger partial charge on any atom is 0.254 e. The zero-order chi connectivity index (χ0) is 24.5. The van der Waals surface area contributed by atoms with Gasteiger partial charge in [-0.15, -0.1) is 0 Å². The predicted octanol–water partition coefficient (Wildman–Crippen LogP) is 4.06. The summed E-state index contributed by atoms with van der Waals surface area (Å²) in [6, 6.07) is 3.81. The SMILES string of the molecule is CC(C)c1cc(Nc2nc(N3CCC[C@H](N)C3)ncc2C(N)=O)cc(C2CCC(F)(F)CC2)n1. The minimum absolute atomic E-state index is 0.0368. The summed E-state index contributed by atoms with van der Waals surface area (Å²) in [4.78, 5) is 27.8. The van der Waals surface area contributed by atoms with Gasteiger partial charge >= 0.3 is 0 Å². The summed E-state index contributed by atoms with van der Waals surface area (Å²) in [5.74, 6) is -2.36. The molecule has 0 aromatic carbocycles. The van der Waals surface area contributed by atoms with Crippen LogP contribution in [0.25, 0.3) is 0 Å². The number of carbonyl (C=O) groups is 1. The van der Waals surface area contributed by atoms with Gasteiger partial charge in [0.1, 0.15) is 11.4 Å². The largest absolute Gasteiger partial charge is 0.365 e. The third kappa shape index (κ3) is 5.60. The summed E-state index contributed by atoms with van der Waals surface area (Å²) >= 11 is 0. The van der Waals surface area contributed by atoms with Crippen molar-refractivity contribution in [1.29, 1.82) is 0 Å². The molecule has 184 valence electrons. The van der Waals surface area contributed by atoms with E-state index in [1.807, 2.05) is 30.9 Å². The van der Waals surface area contributed by atoms with Crippen LogP contribution in [-0.4, -0.2) is 45.9 Å². The Hall–Kier alpha value is -2.88. The lowest BCUT2D eigenvalue weighted by Gasteiger charge is -2.31. The molecular weight excluding hydrogens is 440 g/mol. The summed E-state index contributed by atoms with van der Waals surface area (Å²) < 4.78 is 27.4. The molecule has 1 saturated heterocycles. The smallest absolute Gasteiger partial charge is 0.254 e. The molecule has 3 heterocycles. The van der Waals surface area contributed by atoms with Gasteiger partial charge in [0.05, 0.1) is 0 Å². The van der Waals surface area contributed by atoms with E-state index in [-0.39, 0.29) is 36.3 Å². The molecule has 2 fully saturated rings. The zero-order valence-electron chi connectivity index (χ0n) is 19.7. The van der Waals surface area contributed by atoms with E-state index in [4.69, 9.17) is 16.5 Å². The molecule has 1 aliphatic heterocycles. The van der Waals surface area contributed by atoms with Crippen LogP contribution in [0.15, 0.2) is 18.3 Å². The number of primary amides is 1. The molecule has 5 N–H and O–H groups in total. The highest BCUT2D eigenvalue weighted by Crippen LogP contribution is 2.41. The minimum Gasteiger partial charge on any atom is -0.365 e. The maximum absolute atomic E-state index is 13.7. The van der Waals surface area contributed by atoms with Gasteiger partial charge in [0.2, 0.25) is 11.9 Å². The third-order valence-corrected chi connectivity index (χ3v) is 6.64. The number of carbonyl (C=O) groups excluding carboxylic acids is 1. The van der Waals surface area contributed by atoms with E-state index in [2.05, 4.69) is 15.3 Å². The lowest BCUT2D eigenvalue weighted by Crippen LogP contribution is -2.43. The number of anilines is 3. The molecule has 0 spiro atoms. The van der Waals surface area contributed by atoms with Gasteiger partial charge in [-0.25, -0.2) is 13.8 Å². The van der Waals surface area contributed by atoms with Crippen molar-refractivity contribution in [3.63, 3.8) is 0 Å². The number of amides is 1. The van der Waals surface area contributed by atoms with Gasteiger partial charge in [0.25, 0.3) is 5.91 Å². The Balaban J connectivity index is 1.66. The van der Waals surface area contributed by atoms with E-state index in [0.717, 1.165) is 30.8 Å². The number of nitrogens with zero attached hydrogens (tertiary/aromatic N) is 4. The van der Waals surface area contributed by atoms with Crippen LogP contribution in [0.1, 0.15) is 86.0 Å². The van der Waals surface area contributed by atoms with Crippen LogP contribution >= 0.6 is 0 Å². The first-order chi connectivity index (χ1) is 16.1. The van der Waals surface area contributed by atoms with Crippen molar-refractivity contribution in [3.8, 4) is 0 Å². The molecule has 1 aliphatic carbocycles. The highest BCUT2D eigenvalue weighted by Gasteiger charge is 2.36. The van der Waals surface area contributed by atoms with Crippen molar-refractivity contribution >= 4 is 23.4 Å². The fraction of sp³-hybridized carbons (Fsp3) is 0.583. The number of nitrogens with one attached hydrogen (secondary N) is 1.